The summed E-state index contributed by atoms with van der Waals surface area (Å²) in [5.74, 6) is 0. The third-order valence-electron chi connectivity index (χ3n) is 2.81. The first-order chi connectivity index (χ1) is 7.74. The van der Waals surface area contributed by atoms with E-state index in [0.29, 0.717) is 6.10 Å². The molecule has 0 amide bonds. The van der Waals surface area contributed by atoms with Crippen molar-refractivity contribution in [2.45, 2.75) is 26.1 Å². The maximum absolute atomic E-state index is 5.81. The van der Waals surface area contributed by atoms with Crippen molar-refractivity contribution in [1.29, 1.82) is 0 Å². The van der Waals surface area contributed by atoms with Crippen LogP contribution in [0.2, 0.25) is 0 Å². The van der Waals surface area contributed by atoms with Crippen LogP contribution in [0.5, 0.6) is 0 Å². The smallest absolute Gasteiger partial charge is 0.0875 e. The van der Waals surface area contributed by atoms with Crippen LogP contribution >= 0.6 is 0 Å². The molecule has 1 aliphatic heterocycles. The Morgan fingerprint density at radius 3 is 2.75 bits per heavy atom. The fourth-order valence-electron chi connectivity index (χ4n) is 1.90. The largest absolute Gasteiger partial charge is 0.382 e. The molecule has 3 nitrogen and oxygen atoms in total. The van der Waals surface area contributed by atoms with Gasteiger partial charge in [-0.25, -0.2) is 0 Å². The van der Waals surface area contributed by atoms with Crippen molar-refractivity contribution in [2.75, 3.05) is 25.0 Å². The predicted molar refractivity (Wildman–Crippen MR) is 66.9 cm³/mol. The van der Waals surface area contributed by atoms with E-state index in [0.717, 1.165) is 25.3 Å². The van der Waals surface area contributed by atoms with Crippen LogP contribution in [0.25, 0.3) is 0 Å². The Morgan fingerprint density at radius 1 is 1.31 bits per heavy atom. The van der Waals surface area contributed by atoms with Crippen LogP contribution in [0.15, 0.2) is 24.3 Å². The second-order valence-corrected chi connectivity index (χ2v) is 4.47. The van der Waals surface area contributed by atoms with E-state index in [1.807, 2.05) is 0 Å². The number of benzene rings is 1. The third-order valence-corrected chi connectivity index (χ3v) is 2.81. The summed E-state index contributed by atoms with van der Waals surface area (Å²) in [6.45, 7) is 6.95. The Hall–Kier alpha value is -1.06. The van der Waals surface area contributed by atoms with Gasteiger partial charge in [0.2, 0.25) is 0 Å². The summed E-state index contributed by atoms with van der Waals surface area (Å²) >= 11 is 0. The van der Waals surface area contributed by atoms with Crippen LogP contribution < -0.4 is 10.6 Å². The van der Waals surface area contributed by atoms with E-state index in [-0.39, 0.29) is 6.10 Å². The molecule has 1 saturated heterocycles. The van der Waals surface area contributed by atoms with Gasteiger partial charge >= 0.3 is 0 Å². The van der Waals surface area contributed by atoms with Gasteiger partial charge < -0.3 is 15.4 Å². The molecule has 2 rings (SSSR count). The van der Waals surface area contributed by atoms with Gasteiger partial charge in [0.15, 0.2) is 0 Å². The highest BCUT2D eigenvalue weighted by Crippen LogP contribution is 2.10. The summed E-state index contributed by atoms with van der Waals surface area (Å²) in [5, 5.41) is 6.76. The van der Waals surface area contributed by atoms with Crippen LogP contribution in [0, 0.1) is 6.92 Å². The summed E-state index contributed by atoms with van der Waals surface area (Å²) in [5.41, 5.74) is 2.45. The Labute approximate surface area is 97.2 Å². The maximum atomic E-state index is 5.81. The Balaban J connectivity index is 1.80. The van der Waals surface area contributed by atoms with E-state index in [2.05, 4.69) is 48.7 Å². The highest BCUT2D eigenvalue weighted by molar-refractivity contribution is 5.44. The topological polar surface area (TPSA) is 33.3 Å². The first-order valence-electron chi connectivity index (χ1n) is 5.91. The molecule has 1 aliphatic rings. The van der Waals surface area contributed by atoms with Crippen molar-refractivity contribution in [3.8, 4) is 0 Å². The summed E-state index contributed by atoms with van der Waals surface area (Å²) < 4.78 is 5.81. The molecule has 88 valence electrons. The van der Waals surface area contributed by atoms with Gasteiger partial charge in [-0.3, -0.25) is 0 Å². The van der Waals surface area contributed by atoms with E-state index in [9.17, 15) is 0 Å². The molecule has 0 radical (unpaired) electrons. The Morgan fingerprint density at radius 2 is 2.06 bits per heavy atom. The average Bonchev–Trinajstić information content (AvgIpc) is 2.28. The fourth-order valence-corrected chi connectivity index (χ4v) is 1.90. The quantitative estimate of drug-likeness (QED) is 0.814. The summed E-state index contributed by atoms with van der Waals surface area (Å²) in [6.07, 6.45) is 0.587. The number of morpholine rings is 1. The normalized spacial score (nSPS) is 25.4. The van der Waals surface area contributed by atoms with Crippen molar-refractivity contribution in [3.05, 3.63) is 29.8 Å². The van der Waals surface area contributed by atoms with Crippen LogP contribution in [0.4, 0.5) is 5.69 Å². The van der Waals surface area contributed by atoms with E-state index >= 15 is 0 Å². The van der Waals surface area contributed by atoms with Crippen LogP contribution in [-0.2, 0) is 4.74 Å². The molecule has 16 heavy (non-hydrogen) atoms. The minimum atomic E-state index is 0.269. The molecule has 3 heteroatoms. The molecule has 1 fully saturated rings. The first-order valence-corrected chi connectivity index (χ1v) is 5.91. The lowest BCUT2D eigenvalue weighted by Gasteiger charge is -2.29. The van der Waals surface area contributed by atoms with Crippen molar-refractivity contribution in [3.63, 3.8) is 0 Å². The van der Waals surface area contributed by atoms with Crippen LogP contribution in [0.1, 0.15) is 12.5 Å². The molecule has 1 heterocycles. The molecular formula is C13H20N2O. The number of aryl methyl sites for hydroxylation is 1. The lowest BCUT2D eigenvalue weighted by atomic mass is 10.2. The molecule has 2 atom stereocenters. The SMILES string of the molecule is Cc1ccc(NC[C@@H]2CNC[C@@H](C)O2)cc1. The van der Waals surface area contributed by atoms with Gasteiger partial charge in [-0.05, 0) is 26.0 Å². The minimum Gasteiger partial charge on any atom is -0.382 e. The van der Waals surface area contributed by atoms with Gasteiger partial charge in [0.25, 0.3) is 0 Å². The summed E-state index contributed by atoms with van der Waals surface area (Å²) in [7, 11) is 0. The molecule has 1 aromatic rings. The number of anilines is 1. The summed E-state index contributed by atoms with van der Waals surface area (Å²) in [6, 6.07) is 8.44. The third kappa shape index (κ3) is 3.22. The maximum Gasteiger partial charge on any atom is 0.0875 e. The van der Waals surface area contributed by atoms with Crippen molar-refractivity contribution in [2.24, 2.45) is 0 Å². The minimum absolute atomic E-state index is 0.269. The van der Waals surface area contributed by atoms with Gasteiger partial charge in [0.1, 0.15) is 0 Å². The number of hydrogen-bond acceptors (Lipinski definition) is 3. The molecule has 2 N–H and O–H groups in total. The molecule has 0 aliphatic carbocycles. The first kappa shape index (κ1) is 11.4. The molecule has 1 aromatic carbocycles. The lowest BCUT2D eigenvalue weighted by Crippen LogP contribution is -2.46. The lowest BCUT2D eigenvalue weighted by molar-refractivity contribution is -0.0196. The van der Waals surface area contributed by atoms with Crippen LogP contribution in [-0.4, -0.2) is 31.8 Å². The fraction of sp³-hybridized carbons (Fsp3) is 0.538. The van der Waals surface area contributed by atoms with Crippen LogP contribution in [0.3, 0.4) is 0 Å². The average molecular weight is 220 g/mol. The van der Waals surface area contributed by atoms with E-state index in [4.69, 9.17) is 4.74 Å². The van der Waals surface area contributed by atoms with Gasteiger partial charge in [-0.1, -0.05) is 17.7 Å². The Bertz CT molecular complexity index is 323. The highest BCUT2D eigenvalue weighted by atomic mass is 16.5. The second kappa shape index (κ2) is 5.32. The highest BCUT2D eigenvalue weighted by Gasteiger charge is 2.17. The van der Waals surface area contributed by atoms with Crippen molar-refractivity contribution < 1.29 is 4.74 Å². The zero-order valence-electron chi connectivity index (χ0n) is 9.99. The molecular weight excluding hydrogens is 200 g/mol. The molecule has 0 saturated carbocycles. The zero-order chi connectivity index (χ0) is 11.4. The van der Waals surface area contributed by atoms with Gasteiger partial charge in [0.05, 0.1) is 12.2 Å². The summed E-state index contributed by atoms with van der Waals surface area (Å²) in [4.78, 5) is 0. The number of ether oxygens (including phenoxy) is 1. The monoisotopic (exact) mass is 220 g/mol. The van der Waals surface area contributed by atoms with Gasteiger partial charge in [-0.15, -0.1) is 0 Å². The second-order valence-electron chi connectivity index (χ2n) is 4.47. The number of nitrogens with one attached hydrogen (secondary N) is 2. The van der Waals surface area contributed by atoms with Gasteiger partial charge in [-0.2, -0.15) is 0 Å². The predicted octanol–water partition coefficient (Wildman–Crippen LogP) is 1.78. The Kier molecular flexibility index (Phi) is 3.80. The molecule has 0 unspecified atom stereocenters. The number of rotatable bonds is 3. The van der Waals surface area contributed by atoms with E-state index in [1.54, 1.807) is 0 Å². The van der Waals surface area contributed by atoms with E-state index < -0.39 is 0 Å². The molecule has 0 aromatic heterocycles. The molecule has 0 spiro atoms. The molecule has 0 bridgehead atoms. The van der Waals surface area contributed by atoms with Crippen molar-refractivity contribution in [1.82, 2.24) is 5.32 Å². The van der Waals surface area contributed by atoms with E-state index in [1.165, 1.54) is 5.56 Å². The van der Waals surface area contributed by atoms with Crippen molar-refractivity contribution >= 4 is 5.69 Å². The van der Waals surface area contributed by atoms with Gasteiger partial charge in [0, 0.05) is 25.3 Å². The number of hydrogen-bond donors (Lipinski definition) is 2. The zero-order valence-corrected chi connectivity index (χ0v) is 9.99. The standard InChI is InChI=1S/C13H20N2O/c1-10-3-5-12(6-4-10)15-9-13-8-14-7-11(2)16-13/h3-6,11,13-15H,7-9H2,1-2H3/t11-,13+/m1/s1.